The molecule has 0 saturated carbocycles. The lowest BCUT2D eigenvalue weighted by Crippen LogP contribution is -2.53. The maximum atomic E-state index is 12.1. The molecule has 0 radical (unpaired) electrons. The number of benzene rings is 1. The highest BCUT2D eigenvalue weighted by Crippen LogP contribution is 2.35. The van der Waals surface area contributed by atoms with Crippen LogP contribution in [0.2, 0.25) is 0 Å². The van der Waals surface area contributed by atoms with Crippen LogP contribution in [0.4, 0.5) is 5.69 Å². The summed E-state index contributed by atoms with van der Waals surface area (Å²) in [5.41, 5.74) is 3.60. The predicted octanol–water partition coefficient (Wildman–Crippen LogP) is 2.08. The Hall–Kier alpha value is -1.97. The van der Waals surface area contributed by atoms with Crippen molar-refractivity contribution < 1.29 is 4.79 Å². The first-order valence-corrected chi connectivity index (χ1v) is 7.19. The van der Waals surface area contributed by atoms with Gasteiger partial charge in [0.2, 0.25) is 5.91 Å². The third-order valence-electron chi connectivity index (χ3n) is 4.37. The number of nitrogens with zero attached hydrogens (tertiary/aromatic N) is 2. The molecule has 0 spiro atoms. The first kappa shape index (κ1) is 13.0. The van der Waals surface area contributed by atoms with Crippen molar-refractivity contribution in [1.29, 1.82) is 0 Å². The van der Waals surface area contributed by atoms with E-state index in [1.165, 1.54) is 11.3 Å². The van der Waals surface area contributed by atoms with Gasteiger partial charge in [-0.2, -0.15) is 0 Å². The fraction of sp³-hybridized carbons (Fsp3) is 0.438. The first-order valence-electron chi connectivity index (χ1n) is 7.19. The molecule has 3 rings (SSSR count). The van der Waals surface area contributed by atoms with E-state index >= 15 is 0 Å². The topological polar surface area (TPSA) is 35.6 Å². The largest absolute Gasteiger partial charge is 0.368 e. The Balaban J connectivity index is 1.91. The molecular weight excluding hydrogens is 250 g/mol. The Labute approximate surface area is 120 Å². The average Bonchev–Trinajstić information content (AvgIpc) is 2.98. The zero-order valence-electron chi connectivity index (χ0n) is 12.3. The smallest absolute Gasteiger partial charge is 0.224 e. The first-order chi connectivity index (χ1) is 9.63. The molecule has 1 N–H and O–H groups in total. The van der Waals surface area contributed by atoms with Crippen molar-refractivity contribution in [2.45, 2.75) is 38.9 Å². The SMILES string of the molecule is CCC1=CNC(C2Cc3ccccc3N2C(C)=O)N1C. The molecule has 1 amide bonds. The maximum Gasteiger partial charge on any atom is 0.224 e. The highest BCUT2D eigenvalue weighted by atomic mass is 16.2. The van der Waals surface area contributed by atoms with Crippen molar-refractivity contribution in [2.75, 3.05) is 11.9 Å². The molecule has 2 heterocycles. The maximum absolute atomic E-state index is 12.1. The molecule has 2 aliphatic heterocycles. The minimum Gasteiger partial charge on any atom is -0.368 e. The number of carbonyl (C=O) groups excluding carboxylic acids is 1. The third kappa shape index (κ3) is 1.87. The Morgan fingerprint density at radius 2 is 2.15 bits per heavy atom. The zero-order valence-corrected chi connectivity index (χ0v) is 12.3. The van der Waals surface area contributed by atoms with E-state index < -0.39 is 0 Å². The molecule has 2 unspecified atom stereocenters. The van der Waals surface area contributed by atoms with E-state index in [0.717, 1.165) is 18.5 Å². The minimum atomic E-state index is 0.111. The van der Waals surface area contributed by atoms with Crippen molar-refractivity contribution in [1.82, 2.24) is 10.2 Å². The van der Waals surface area contributed by atoms with Gasteiger partial charge in [0, 0.05) is 31.6 Å². The summed E-state index contributed by atoms with van der Waals surface area (Å²) in [5, 5.41) is 3.44. The number of fused-ring (bicyclic) bond motifs is 1. The van der Waals surface area contributed by atoms with E-state index in [1.54, 1.807) is 6.92 Å². The van der Waals surface area contributed by atoms with Gasteiger partial charge < -0.3 is 15.1 Å². The lowest BCUT2D eigenvalue weighted by Gasteiger charge is -2.34. The summed E-state index contributed by atoms with van der Waals surface area (Å²) in [7, 11) is 2.10. The van der Waals surface area contributed by atoms with Crippen LogP contribution < -0.4 is 10.2 Å². The number of para-hydroxylation sites is 1. The third-order valence-corrected chi connectivity index (χ3v) is 4.37. The van der Waals surface area contributed by atoms with Gasteiger partial charge in [-0.05, 0) is 24.5 Å². The minimum absolute atomic E-state index is 0.111. The molecule has 20 heavy (non-hydrogen) atoms. The molecule has 0 bridgehead atoms. The summed E-state index contributed by atoms with van der Waals surface area (Å²) in [6, 6.07) is 8.35. The number of carbonyl (C=O) groups is 1. The van der Waals surface area contributed by atoms with Crippen LogP contribution in [0.3, 0.4) is 0 Å². The fourth-order valence-corrected chi connectivity index (χ4v) is 3.36. The second-order valence-corrected chi connectivity index (χ2v) is 5.50. The molecule has 4 heteroatoms. The van der Waals surface area contributed by atoms with Crippen molar-refractivity contribution in [3.8, 4) is 0 Å². The Morgan fingerprint density at radius 1 is 1.40 bits per heavy atom. The van der Waals surface area contributed by atoms with Gasteiger partial charge in [-0.3, -0.25) is 4.79 Å². The van der Waals surface area contributed by atoms with Crippen molar-refractivity contribution in [2.24, 2.45) is 0 Å². The monoisotopic (exact) mass is 271 g/mol. The summed E-state index contributed by atoms with van der Waals surface area (Å²) in [5.74, 6) is 0.111. The number of nitrogens with one attached hydrogen (secondary N) is 1. The zero-order chi connectivity index (χ0) is 14.3. The number of likely N-dealkylation sites (N-methyl/N-ethyl adjacent to an activating group) is 1. The molecule has 2 aliphatic rings. The number of hydrogen-bond donors (Lipinski definition) is 1. The van der Waals surface area contributed by atoms with Gasteiger partial charge in [0.1, 0.15) is 6.17 Å². The van der Waals surface area contributed by atoms with Crippen LogP contribution in [0.25, 0.3) is 0 Å². The van der Waals surface area contributed by atoms with Gasteiger partial charge >= 0.3 is 0 Å². The molecule has 0 aliphatic carbocycles. The van der Waals surface area contributed by atoms with E-state index in [9.17, 15) is 4.79 Å². The lowest BCUT2D eigenvalue weighted by atomic mass is 10.1. The lowest BCUT2D eigenvalue weighted by molar-refractivity contribution is -0.117. The second kappa shape index (κ2) is 4.85. The highest BCUT2D eigenvalue weighted by molar-refractivity contribution is 5.94. The van der Waals surface area contributed by atoms with Crippen LogP contribution >= 0.6 is 0 Å². The summed E-state index contributed by atoms with van der Waals surface area (Å²) in [6.07, 6.45) is 4.13. The molecule has 0 saturated heterocycles. The number of rotatable bonds is 2. The second-order valence-electron chi connectivity index (χ2n) is 5.50. The number of allylic oxidation sites excluding steroid dienone is 1. The van der Waals surface area contributed by atoms with Gasteiger partial charge in [0.25, 0.3) is 0 Å². The highest BCUT2D eigenvalue weighted by Gasteiger charge is 2.40. The van der Waals surface area contributed by atoms with E-state index in [2.05, 4.69) is 36.5 Å². The fourth-order valence-electron chi connectivity index (χ4n) is 3.36. The van der Waals surface area contributed by atoms with E-state index in [4.69, 9.17) is 0 Å². The van der Waals surface area contributed by atoms with Gasteiger partial charge in [-0.25, -0.2) is 0 Å². The van der Waals surface area contributed by atoms with Gasteiger partial charge in [-0.15, -0.1) is 0 Å². The van der Waals surface area contributed by atoms with Crippen LogP contribution in [0, 0.1) is 0 Å². The van der Waals surface area contributed by atoms with E-state index in [0.29, 0.717) is 0 Å². The van der Waals surface area contributed by atoms with Crippen molar-refractivity contribution in [3.05, 3.63) is 41.7 Å². The normalized spacial score (nSPS) is 24.4. The van der Waals surface area contributed by atoms with Crippen LogP contribution in [-0.2, 0) is 11.2 Å². The molecule has 1 aromatic rings. The van der Waals surface area contributed by atoms with Gasteiger partial charge in [0.15, 0.2) is 0 Å². The molecule has 0 aromatic heterocycles. The van der Waals surface area contributed by atoms with Crippen molar-refractivity contribution in [3.63, 3.8) is 0 Å². The molecule has 0 fully saturated rings. The molecule has 106 valence electrons. The quantitative estimate of drug-likeness (QED) is 0.894. The summed E-state index contributed by atoms with van der Waals surface area (Å²) < 4.78 is 0. The van der Waals surface area contributed by atoms with E-state index in [-0.39, 0.29) is 18.1 Å². The molecule has 4 nitrogen and oxygen atoms in total. The summed E-state index contributed by atoms with van der Waals surface area (Å²) in [6.45, 7) is 3.80. The summed E-state index contributed by atoms with van der Waals surface area (Å²) >= 11 is 0. The predicted molar refractivity (Wildman–Crippen MR) is 80.2 cm³/mol. The van der Waals surface area contributed by atoms with E-state index in [1.807, 2.05) is 23.1 Å². The molecule has 1 aromatic carbocycles. The Kier molecular flexibility index (Phi) is 3.16. The Morgan fingerprint density at radius 3 is 2.80 bits per heavy atom. The average molecular weight is 271 g/mol. The Bertz CT molecular complexity index is 567. The number of hydrogen-bond acceptors (Lipinski definition) is 3. The molecule has 2 atom stereocenters. The van der Waals surface area contributed by atoms with Gasteiger partial charge in [0.05, 0.1) is 6.04 Å². The van der Waals surface area contributed by atoms with Crippen LogP contribution in [0.5, 0.6) is 0 Å². The van der Waals surface area contributed by atoms with Crippen LogP contribution in [0.1, 0.15) is 25.8 Å². The van der Waals surface area contributed by atoms with Crippen LogP contribution in [0.15, 0.2) is 36.2 Å². The molecular formula is C16H21N3O. The van der Waals surface area contributed by atoms with Crippen LogP contribution in [-0.4, -0.2) is 30.1 Å². The van der Waals surface area contributed by atoms with Gasteiger partial charge in [-0.1, -0.05) is 25.1 Å². The number of amides is 1. The number of anilines is 1. The summed E-state index contributed by atoms with van der Waals surface area (Å²) in [4.78, 5) is 16.3. The standard InChI is InChI=1S/C16H21N3O/c1-4-13-10-17-16(18(13)3)15-9-12-7-5-6-8-14(12)19(15)11(2)20/h5-8,10,15-17H,4,9H2,1-3H3. The van der Waals surface area contributed by atoms with Crippen molar-refractivity contribution >= 4 is 11.6 Å².